The Hall–Kier alpha value is -0.870. The quantitative estimate of drug-likeness (QED) is 0.630. The monoisotopic (exact) mass is 262 g/mol. The lowest BCUT2D eigenvalue weighted by Gasteiger charge is -2.26. The molecule has 1 heterocycles. The molecule has 4 atom stereocenters. The van der Waals surface area contributed by atoms with Crippen molar-refractivity contribution in [1.82, 2.24) is 15.2 Å². The van der Waals surface area contributed by atoms with Gasteiger partial charge in [-0.3, -0.25) is 16.0 Å². The summed E-state index contributed by atoms with van der Waals surface area (Å²) in [5, 5.41) is 4.42. The van der Waals surface area contributed by atoms with Crippen LogP contribution < -0.4 is 11.3 Å². The number of nitrogens with zero attached hydrogens (tertiary/aromatic N) is 2. The number of hydrazine groups is 1. The lowest BCUT2D eigenvalue weighted by Crippen LogP contribution is -2.39. The van der Waals surface area contributed by atoms with Crippen molar-refractivity contribution in [1.29, 1.82) is 0 Å². The highest BCUT2D eigenvalue weighted by atomic mass is 15.3. The Kier molecular flexibility index (Phi) is 3.63. The Morgan fingerprint density at radius 2 is 2.32 bits per heavy atom. The van der Waals surface area contributed by atoms with E-state index in [0.29, 0.717) is 6.04 Å². The minimum atomic E-state index is 0.388. The molecule has 0 aliphatic heterocycles. The van der Waals surface area contributed by atoms with Gasteiger partial charge in [0.05, 0.1) is 5.69 Å². The molecule has 4 unspecified atom stereocenters. The highest BCUT2D eigenvalue weighted by Gasteiger charge is 2.40. The number of hydrogen-bond donors (Lipinski definition) is 2. The van der Waals surface area contributed by atoms with E-state index in [-0.39, 0.29) is 0 Å². The maximum atomic E-state index is 5.77. The molecule has 19 heavy (non-hydrogen) atoms. The first-order chi connectivity index (χ1) is 9.15. The van der Waals surface area contributed by atoms with Crippen molar-refractivity contribution in [3.63, 3.8) is 0 Å². The largest absolute Gasteiger partial charge is 0.272 e. The van der Waals surface area contributed by atoms with Crippen LogP contribution in [0.2, 0.25) is 0 Å². The molecule has 0 saturated heterocycles. The molecule has 2 fully saturated rings. The van der Waals surface area contributed by atoms with Crippen molar-refractivity contribution in [3.8, 4) is 0 Å². The standard InChI is InChI=1S/C15H26N4/c1-10-5-15(19(2)18-10)9-14(17-16)8-13-7-11-3-4-12(13)6-11/h5,11-14,17H,3-4,6-9,16H2,1-2H3. The molecule has 3 N–H and O–H groups in total. The van der Waals surface area contributed by atoms with E-state index in [0.717, 1.165) is 29.9 Å². The summed E-state index contributed by atoms with van der Waals surface area (Å²) in [5.41, 5.74) is 5.40. The van der Waals surface area contributed by atoms with E-state index in [9.17, 15) is 0 Å². The Morgan fingerprint density at radius 1 is 1.47 bits per heavy atom. The van der Waals surface area contributed by atoms with E-state index in [1.54, 1.807) is 0 Å². The van der Waals surface area contributed by atoms with Gasteiger partial charge in [-0.25, -0.2) is 0 Å². The molecule has 1 aromatic rings. The molecular weight excluding hydrogens is 236 g/mol. The zero-order valence-corrected chi connectivity index (χ0v) is 12.1. The average molecular weight is 262 g/mol. The van der Waals surface area contributed by atoms with Gasteiger partial charge in [-0.1, -0.05) is 6.42 Å². The fourth-order valence-corrected chi connectivity index (χ4v) is 4.35. The molecule has 2 bridgehead atoms. The molecule has 2 aliphatic carbocycles. The van der Waals surface area contributed by atoms with Crippen LogP contribution in [0.3, 0.4) is 0 Å². The molecule has 1 aromatic heterocycles. The summed E-state index contributed by atoms with van der Waals surface area (Å²) in [6.45, 7) is 2.05. The second kappa shape index (κ2) is 5.25. The number of rotatable bonds is 5. The summed E-state index contributed by atoms with van der Waals surface area (Å²) in [5.74, 6) is 8.67. The number of aryl methyl sites for hydroxylation is 2. The lowest BCUT2D eigenvalue weighted by molar-refractivity contribution is 0.276. The van der Waals surface area contributed by atoms with Crippen molar-refractivity contribution in [2.45, 2.75) is 51.5 Å². The zero-order valence-electron chi connectivity index (χ0n) is 12.1. The maximum Gasteiger partial charge on any atom is 0.0596 e. The topological polar surface area (TPSA) is 55.9 Å². The van der Waals surface area contributed by atoms with Gasteiger partial charge < -0.3 is 0 Å². The van der Waals surface area contributed by atoms with Gasteiger partial charge in [0, 0.05) is 25.2 Å². The van der Waals surface area contributed by atoms with Crippen LogP contribution in [-0.2, 0) is 13.5 Å². The van der Waals surface area contributed by atoms with Gasteiger partial charge >= 0.3 is 0 Å². The molecular formula is C15H26N4. The SMILES string of the molecule is Cc1cc(CC(CC2CC3CCC2C3)NN)n(C)n1. The Labute approximate surface area is 115 Å². The second-order valence-electron chi connectivity index (χ2n) is 6.64. The Morgan fingerprint density at radius 3 is 2.84 bits per heavy atom. The zero-order chi connectivity index (χ0) is 13.4. The summed E-state index contributed by atoms with van der Waals surface area (Å²) in [6, 6.07) is 2.56. The fourth-order valence-electron chi connectivity index (χ4n) is 4.35. The fraction of sp³-hybridized carbons (Fsp3) is 0.800. The number of nitrogens with two attached hydrogens (primary N) is 1. The highest BCUT2D eigenvalue weighted by molar-refractivity contribution is 5.10. The van der Waals surface area contributed by atoms with Gasteiger partial charge in [0.25, 0.3) is 0 Å². The summed E-state index contributed by atoms with van der Waals surface area (Å²) in [6.07, 6.45) is 8.06. The van der Waals surface area contributed by atoms with E-state index in [2.05, 4.69) is 16.6 Å². The molecule has 2 saturated carbocycles. The van der Waals surface area contributed by atoms with Crippen LogP contribution in [0.15, 0.2) is 6.07 Å². The van der Waals surface area contributed by atoms with Gasteiger partial charge in [0.1, 0.15) is 0 Å². The summed E-state index contributed by atoms with van der Waals surface area (Å²) < 4.78 is 1.99. The van der Waals surface area contributed by atoms with Gasteiger partial charge in [0.2, 0.25) is 0 Å². The number of fused-ring (bicyclic) bond motifs is 2. The molecule has 0 radical (unpaired) electrons. The van der Waals surface area contributed by atoms with E-state index in [1.165, 1.54) is 37.8 Å². The molecule has 3 rings (SSSR count). The molecule has 0 aromatic carbocycles. The third kappa shape index (κ3) is 2.70. The molecule has 0 amide bonds. The van der Waals surface area contributed by atoms with Crippen LogP contribution in [0.25, 0.3) is 0 Å². The molecule has 106 valence electrons. The van der Waals surface area contributed by atoms with Crippen molar-refractivity contribution in [2.24, 2.45) is 30.6 Å². The second-order valence-corrected chi connectivity index (χ2v) is 6.64. The summed E-state index contributed by atoms with van der Waals surface area (Å²) in [4.78, 5) is 0. The maximum absolute atomic E-state index is 5.77. The van der Waals surface area contributed by atoms with Crippen LogP contribution in [0.4, 0.5) is 0 Å². The first-order valence-corrected chi connectivity index (χ1v) is 7.61. The normalized spacial score (nSPS) is 31.0. The minimum Gasteiger partial charge on any atom is -0.272 e. The van der Waals surface area contributed by atoms with Crippen LogP contribution in [0.5, 0.6) is 0 Å². The van der Waals surface area contributed by atoms with E-state index in [4.69, 9.17) is 5.84 Å². The van der Waals surface area contributed by atoms with Crippen molar-refractivity contribution in [2.75, 3.05) is 0 Å². The lowest BCUT2D eigenvalue weighted by atomic mass is 9.83. The molecule has 0 spiro atoms. The predicted molar refractivity (Wildman–Crippen MR) is 76.3 cm³/mol. The van der Waals surface area contributed by atoms with Gasteiger partial charge in [-0.15, -0.1) is 0 Å². The number of hydrogen-bond acceptors (Lipinski definition) is 3. The average Bonchev–Trinajstić information content (AvgIpc) is 3.05. The smallest absolute Gasteiger partial charge is 0.0596 e. The van der Waals surface area contributed by atoms with Crippen molar-refractivity contribution >= 4 is 0 Å². The molecule has 4 heteroatoms. The van der Waals surface area contributed by atoms with Gasteiger partial charge in [0.15, 0.2) is 0 Å². The van der Waals surface area contributed by atoms with Crippen molar-refractivity contribution < 1.29 is 0 Å². The van der Waals surface area contributed by atoms with Crippen LogP contribution in [-0.4, -0.2) is 15.8 Å². The number of aromatic nitrogens is 2. The Balaban J connectivity index is 1.60. The van der Waals surface area contributed by atoms with E-state index < -0.39 is 0 Å². The molecule has 4 nitrogen and oxygen atoms in total. The minimum absolute atomic E-state index is 0.388. The van der Waals surface area contributed by atoms with Crippen molar-refractivity contribution in [3.05, 3.63) is 17.5 Å². The first kappa shape index (κ1) is 13.1. The highest BCUT2D eigenvalue weighted by Crippen LogP contribution is 2.49. The third-order valence-electron chi connectivity index (χ3n) is 5.26. The van der Waals surface area contributed by atoms with E-state index in [1.807, 2.05) is 18.7 Å². The number of nitrogens with one attached hydrogen (secondary N) is 1. The third-order valence-corrected chi connectivity index (χ3v) is 5.26. The summed E-state index contributed by atoms with van der Waals surface area (Å²) in [7, 11) is 2.02. The molecule has 2 aliphatic rings. The van der Waals surface area contributed by atoms with Gasteiger partial charge in [-0.2, -0.15) is 5.10 Å². The van der Waals surface area contributed by atoms with Crippen LogP contribution >= 0.6 is 0 Å². The predicted octanol–water partition coefficient (Wildman–Crippen LogP) is 1.93. The summed E-state index contributed by atoms with van der Waals surface area (Å²) >= 11 is 0. The van der Waals surface area contributed by atoms with E-state index >= 15 is 0 Å². The van der Waals surface area contributed by atoms with Crippen LogP contribution in [0.1, 0.15) is 43.5 Å². The Bertz CT molecular complexity index is 439. The van der Waals surface area contributed by atoms with Crippen LogP contribution in [0, 0.1) is 24.7 Å². The first-order valence-electron chi connectivity index (χ1n) is 7.61. The van der Waals surface area contributed by atoms with Gasteiger partial charge in [-0.05, 0) is 56.4 Å².